The molecular weight excluding hydrogens is 366 g/mol. The number of rotatable bonds is 4. The first-order valence-corrected chi connectivity index (χ1v) is 9.34. The number of nitrogens with zero attached hydrogens (tertiary/aromatic N) is 1. The lowest BCUT2D eigenvalue weighted by atomic mass is 10.0. The maximum Gasteiger partial charge on any atom is 0.345 e. The van der Waals surface area contributed by atoms with Crippen LogP contribution in [0.2, 0.25) is 0 Å². The number of carboxylic acids is 1. The molecule has 20 heavy (non-hydrogen) atoms. The van der Waals surface area contributed by atoms with Crippen molar-refractivity contribution < 1.29 is 18.3 Å². The molecule has 0 aromatic carbocycles. The summed E-state index contributed by atoms with van der Waals surface area (Å²) < 4.78 is 27.3. The van der Waals surface area contributed by atoms with E-state index in [9.17, 15) is 13.2 Å². The summed E-state index contributed by atoms with van der Waals surface area (Å²) in [6.45, 7) is 4.50. The number of hydrogen-bond donors (Lipinski definition) is 1. The SMILES string of the molecule is CC(C)C1CCCN1S(=O)(=O)c1cc(C(=O)O)sc1Br. The lowest BCUT2D eigenvalue weighted by Crippen LogP contribution is -2.38. The van der Waals surface area contributed by atoms with Gasteiger partial charge in [0.25, 0.3) is 0 Å². The molecule has 0 spiro atoms. The fourth-order valence-electron chi connectivity index (χ4n) is 2.49. The monoisotopic (exact) mass is 381 g/mol. The number of thiophene rings is 1. The van der Waals surface area contributed by atoms with E-state index in [2.05, 4.69) is 15.9 Å². The molecule has 1 aromatic rings. The maximum absolute atomic E-state index is 12.7. The summed E-state index contributed by atoms with van der Waals surface area (Å²) in [6, 6.07) is 1.22. The fraction of sp³-hybridized carbons (Fsp3) is 0.583. The van der Waals surface area contributed by atoms with Crippen molar-refractivity contribution in [2.45, 2.75) is 37.6 Å². The van der Waals surface area contributed by atoms with Crippen LogP contribution >= 0.6 is 27.3 Å². The standard InChI is InChI=1S/C12H16BrNO4S2/c1-7(2)8-4-3-5-14(8)20(17,18)10-6-9(12(15)16)19-11(10)13/h6-8H,3-5H2,1-2H3,(H,15,16). The van der Waals surface area contributed by atoms with E-state index >= 15 is 0 Å². The van der Waals surface area contributed by atoms with Crippen LogP contribution in [-0.4, -0.2) is 36.4 Å². The van der Waals surface area contributed by atoms with Gasteiger partial charge in [0.1, 0.15) is 9.77 Å². The molecule has 1 fully saturated rings. The first kappa shape index (κ1) is 15.9. The lowest BCUT2D eigenvalue weighted by molar-refractivity contribution is 0.0702. The van der Waals surface area contributed by atoms with Crippen molar-refractivity contribution in [3.63, 3.8) is 0 Å². The lowest BCUT2D eigenvalue weighted by Gasteiger charge is -2.26. The Hall–Kier alpha value is -0.440. The molecule has 2 heterocycles. The Labute approximate surface area is 130 Å². The molecular formula is C12H16BrNO4S2. The fourth-order valence-corrected chi connectivity index (χ4v) is 6.67. The maximum atomic E-state index is 12.7. The topological polar surface area (TPSA) is 74.7 Å². The molecule has 112 valence electrons. The summed E-state index contributed by atoms with van der Waals surface area (Å²) in [4.78, 5) is 11.1. The van der Waals surface area contributed by atoms with Crippen LogP contribution in [0.5, 0.6) is 0 Å². The van der Waals surface area contributed by atoms with E-state index in [1.54, 1.807) is 0 Å². The zero-order chi connectivity index (χ0) is 15.1. The van der Waals surface area contributed by atoms with E-state index in [0.29, 0.717) is 10.3 Å². The minimum absolute atomic E-state index is 0.0138. The van der Waals surface area contributed by atoms with Gasteiger partial charge in [-0.2, -0.15) is 4.31 Å². The van der Waals surface area contributed by atoms with Gasteiger partial charge in [-0.25, -0.2) is 13.2 Å². The molecule has 0 radical (unpaired) electrons. The van der Waals surface area contributed by atoms with Crippen molar-refractivity contribution in [2.75, 3.05) is 6.54 Å². The van der Waals surface area contributed by atoms with Crippen molar-refractivity contribution in [3.8, 4) is 0 Å². The average Bonchev–Trinajstić information content (AvgIpc) is 2.94. The van der Waals surface area contributed by atoms with Gasteiger partial charge in [0.2, 0.25) is 10.0 Å². The molecule has 1 aromatic heterocycles. The molecule has 1 atom stereocenters. The Kier molecular flexibility index (Phi) is 4.58. The Morgan fingerprint density at radius 3 is 2.70 bits per heavy atom. The Balaban J connectivity index is 2.42. The quantitative estimate of drug-likeness (QED) is 0.869. The van der Waals surface area contributed by atoms with E-state index in [-0.39, 0.29) is 21.7 Å². The van der Waals surface area contributed by atoms with Gasteiger partial charge in [-0.05, 0) is 40.8 Å². The molecule has 1 aliphatic heterocycles. The van der Waals surface area contributed by atoms with Crippen LogP contribution < -0.4 is 0 Å². The number of halogens is 1. The van der Waals surface area contributed by atoms with Crippen LogP contribution in [0.1, 0.15) is 36.4 Å². The van der Waals surface area contributed by atoms with E-state index < -0.39 is 16.0 Å². The van der Waals surface area contributed by atoms with Gasteiger partial charge in [0.15, 0.2) is 0 Å². The third-order valence-electron chi connectivity index (χ3n) is 3.47. The number of carbonyl (C=O) groups is 1. The van der Waals surface area contributed by atoms with Gasteiger partial charge in [0.05, 0.1) is 3.79 Å². The molecule has 5 nitrogen and oxygen atoms in total. The molecule has 0 amide bonds. The van der Waals surface area contributed by atoms with Crippen LogP contribution in [0.4, 0.5) is 0 Å². The highest BCUT2D eigenvalue weighted by molar-refractivity contribution is 9.11. The van der Waals surface area contributed by atoms with Crippen LogP contribution in [0.25, 0.3) is 0 Å². The van der Waals surface area contributed by atoms with Gasteiger partial charge in [-0.3, -0.25) is 0 Å². The first-order chi connectivity index (χ1) is 9.25. The molecule has 0 bridgehead atoms. The van der Waals surface area contributed by atoms with E-state index in [0.717, 1.165) is 24.2 Å². The van der Waals surface area contributed by atoms with Gasteiger partial charge in [0, 0.05) is 12.6 Å². The molecule has 1 unspecified atom stereocenters. The molecule has 1 N–H and O–H groups in total. The molecule has 2 rings (SSSR count). The average molecular weight is 382 g/mol. The molecule has 1 aliphatic rings. The van der Waals surface area contributed by atoms with Crippen LogP contribution in [0.15, 0.2) is 14.7 Å². The van der Waals surface area contributed by atoms with Crippen LogP contribution in [0, 0.1) is 5.92 Å². The molecule has 0 saturated carbocycles. The highest BCUT2D eigenvalue weighted by Crippen LogP contribution is 2.37. The molecule has 0 aliphatic carbocycles. The summed E-state index contributed by atoms with van der Waals surface area (Å²) in [5.41, 5.74) is 0. The van der Waals surface area contributed by atoms with E-state index in [1.165, 1.54) is 10.4 Å². The predicted octanol–water partition coefficient (Wildman–Crippen LogP) is 3.02. The normalized spacial score (nSPS) is 20.7. The van der Waals surface area contributed by atoms with Crippen molar-refractivity contribution in [3.05, 3.63) is 14.7 Å². The Morgan fingerprint density at radius 2 is 2.20 bits per heavy atom. The van der Waals surface area contributed by atoms with Gasteiger partial charge < -0.3 is 5.11 Å². The second-order valence-electron chi connectivity index (χ2n) is 5.12. The number of carboxylic acid groups (broad SMARTS) is 1. The van der Waals surface area contributed by atoms with Gasteiger partial charge in [-0.1, -0.05) is 13.8 Å². The zero-order valence-electron chi connectivity index (χ0n) is 11.2. The van der Waals surface area contributed by atoms with Crippen LogP contribution in [0.3, 0.4) is 0 Å². The number of aromatic carboxylic acids is 1. The third kappa shape index (κ3) is 2.79. The zero-order valence-corrected chi connectivity index (χ0v) is 14.4. The number of hydrogen-bond acceptors (Lipinski definition) is 4. The highest BCUT2D eigenvalue weighted by atomic mass is 79.9. The summed E-state index contributed by atoms with van der Waals surface area (Å²) >= 11 is 4.10. The first-order valence-electron chi connectivity index (χ1n) is 6.29. The molecule has 1 saturated heterocycles. The minimum atomic E-state index is -3.64. The summed E-state index contributed by atoms with van der Waals surface area (Å²) in [5.74, 6) is -0.873. The summed E-state index contributed by atoms with van der Waals surface area (Å²) in [5, 5.41) is 8.98. The highest BCUT2D eigenvalue weighted by Gasteiger charge is 2.38. The largest absolute Gasteiger partial charge is 0.477 e. The van der Waals surface area contributed by atoms with E-state index in [4.69, 9.17) is 5.11 Å². The predicted molar refractivity (Wildman–Crippen MR) is 80.7 cm³/mol. The Bertz CT molecular complexity index is 623. The van der Waals surface area contributed by atoms with Crippen molar-refractivity contribution in [1.29, 1.82) is 0 Å². The summed E-state index contributed by atoms with van der Waals surface area (Å²) in [7, 11) is -3.64. The molecule has 8 heteroatoms. The second-order valence-corrected chi connectivity index (χ2v) is 9.35. The second kappa shape index (κ2) is 5.75. The van der Waals surface area contributed by atoms with Gasteiger partial charge in [-0.15, -0.1) is 11.3 Å². The Morgan fingerprint density at radius 1 is 1.55 bits per heavy atom. The van der Waals surface area contributed by atoms with Crippen LogP contribution in [-0.2, 0) is 10.0 Å². The number of sulfonamides is 1. The van der Waals surface area contributed by atoms with Crippen molar-refractivity contribution in [2.24, 2.45) is 5.92 Å². The van der Waals surface area contributed by atoms with Gasteiger partial charge >= 0.3 is 5.97 Å². The third-order valence-corrected chi connectivity index (χ3v) is 7.64. The van der Waals surface area contributed by atoms with E-state index in [1.807, 2.05) is 13.8 Å². The smallest absolute Gasteiger partial charge is 0.345 e. The minimum Gasteiger partial charge on any atom is -0.477 e. The van der Waals surface area contributed by atoms with Crippen molar-refractivity contribution >= 4 is 43.3 Å². The summed E-state index contributed by atoms with van der Waals surface area (Å²) in [6.07, 6.45) is 1.69. The van der Waals surface area contributed by atoms with Crippen molar-refractivity contribution in [1.82, 2.24) is 4.31 Å².